The fourth-order valence-corrected chi connectivity index (χ4v) is 1.99. The fourth-order valence-electron chi connectivity index (χ4n) is 0.817. The molecule has 0 amide bonds. The van der Waals surface area contributed by atoms with Gasteiger partial charge in [-0.15, -0.1) is 3.89 Å². The van der Waals surface area contributed by atoms with Crippen molar-refractivity contribution < 1.29 is 17.1 Å². The van der Waals surface area contributed by atoms with E-state index < -0.39 is 15.1 Å². The third kappa shape index (κ3) is 2.35. The minimum Gasteiger partial charge on any atom is -0.298 e. The maximum absolute atomic E-state index is 12.5. The average Bonchev–Trinajstić information content (AvgIpc) is 2.03. The smallest absolute Gasteiger partial charge is 0.298 e. The molecule has 1 aromatic carbocycles. The van der Waals surface area contributed by atoms with Crippen LogP contribution in [0.5, 0.6) is 0 Å². The zero-order chi connectivity index (χ0) is 10.1. The standard InChI is InChI=1S/C7H4BrFO3S/c8-6-2-1-5(4-10)7(3-6)13(9,11)12/h1-4H. The van der Waals surface area contributed by atoms with Crippen LogP contribution in [0.2, 0.25) is 0 Å². The van der Waals surface area contributed by atoms with Crippen LogP contribution >= 0.6 is 15.9 Å². The van der Waals surface area contributed by atoms with Crippen LogP contribution in [0, 0.1) is 0 Å². The first-order valence-corrected chi connectivity index (χ1v) is 5.32. The predicted octanol–water partition coefficient (Wildman–Crippen LogP) is 1.92. The molecule has 0 spiro atoms. The molecule has 0 heterocycles. The van der Waals surface area contributed by atoms with E-state index >= 15 is 0 Å². The number of rotatable bonds is 2. The molecule has 0 fully saturated rings. The molecule has 0 aromatic heterocycles. The predicted molar refractivity (Wildman–Crippen MR) is 47.8 cm³/mol. The Labute approximate surface area is 82.9 Å². The molecule has 1 rings (SSSR count). The van der Waals surface area contributed by atoms with E-state index in [9.17, 15) is 17.1 Å². The van der Waals surface area contributed by atoms with Crippen LogP contribution in [-0.4, -0.2) is 14.7 Å². The number of hydrogen-bond acceptors (Lipinski definition) is 3. The van der Waals surface area contributed by atoms with E-state index in [2.05, 4.69) is 15.9 Å². The Hall–Kier alpha value is -0.750. The van der Waals surface area contributed by atoms with Crippen LogP contribution in [0.15, 0.2) is 27.6 Å². The number of carbonyl (C=O) groups is 1. The number of benzene rings is 1. The van der Waals surface area contributed by atoms with Crippen LogP contribution < -0.4 is 0 Å². The molecular formula is C7H4BrFO3S. The summed E-state index contributed by atoms with van der Waals surface area (Å²) in [5.74, 6) is 0. The van der Waals surface area contributed by atoms with Crippen molar-refractivity contribution >= 4 is 32.4 Å². The lowest BCUT2D eigenvalue weighted by Gasteiger charge is -1.99. The van der Waals surface area contributed by atoms with E-state index in [0.717, 1.165) is 6.07 Å². The first kappa shape index (κ1) is 10.3. The highest BCUT2D eigenvalue weighted by molar-refractivity contribution is 9.10. The summed E-state index contributed by atoms with van der Waals surface area (Å²) >= 11 is 2.97. The van der Waals surface area contributed by atoms with Crippen molar-refractivity contribution in [3.63, 3.8) is 0 Å². The Balaban J connectivity index is 3.50. The summed E-state index contributed by atoms with van der Waals surface area (Å²) < 4.78 is 34.0. The molecule has 0 aliphatic heterocycles. The summed E-state index contributed by atoms with van der Waals surface area (Å²) in [5, 5.41) is 0. The quantitative estimate of drug-likeness (QED) is 0.607. The van der Waals surface area contributed by atoms with Gasteiger partial charge in [-0.2, -0.15) is 8.42 Å². The van der Waals surface area contributed by atoms with Crippen LogP contribution in [0.4, 0.5) is 3.89 Å². The zero-order valence-electron chi connectivity index (χ0n) is 6.20. The Morgan fingerprint density at radius 2 is 2.00 bits per heavy atom. The Morgan fingerprint density at radius 1 is 1.38 bits per heavy atom. The Kier molecular flexibility index (Phi) is 2.82. The summed E-state index contributed by atoms with van der Waals surface area (Å²) in [6.07, 6.45) is 0.291. The number of aldehydes is 1. The molecule has 13 heavy (non-hydrogen) atoms. The number of halogens is 2. The molecule has 0 N–H and O–H groups in total. The van der Waals surface area contributed by atoms with E-state index in [1.54, 1.807) is 0 Å². The minimum atomic E-state index is -4.83. The second-order valence-electron chi connectivity index (χ2n) is 2.24. The van der Waals surface area contributed by atoms with Crippen LogP contribution in [0.3, 0.4) is 0 Å². The van der Waals surface area contributed by atoms with Gasteiger partial charge in [0.25, 0.3) is 0 Å². The molecule has 0 atom stereocenters. The van der Waals surface area contributed by atoms with Gasteiger partial charge >= 0.3 is 10.2 Å². The van der Waals surface area contributed by atoms with Gasteiger partial charge in [0.1, 0.15) is 4.90 Å². The molecule has 0 radical (unpaired) electrons. The summed E-state index contributed by atoms with van der Waals surface area (Å²) in [7, 11) is -4.83. The van der Waals surface area contributed by atoms with E-state index in [1.807, 2.05) is 0 Å². The normalized spacial score (nSPS) is 11.2. The minimum absolute atomic E-state index is 0.189. The van der Waals surface area contributed by atoms with Gasteiger partial charge in [0.05, 0.1) is 0 Å². The maximum atomic E-state index is 12.5. The van der Waals surface area contributed by atoms with Crippen molar-refractivity contribution in [1.29, 1.82) is 0 Å². The molecule has 6 heteroatoms. The molecule has 0 aliphatic rings. The van der Waals surface area contributed by atoms with Gasteiger partial charge in [0.2, 0.25) is 0 Å². The summed E-state index contributed by atoms with van der Waals surface area (Å²) in [6.45, 7) is 0. The highest BCUT2D eigenvalue weighted by Crippen LogP contribution is 2.21. The zero-order valence-corrected chi connectivity index (χ0v) is 8.60. The molecule has 0 saturated heterocycles. The molecule has 3 nitrogen and oxygen atoms in total. The van der Waals surface area contributed by atoms with E-state index in [0.29, 0.717) is 10.8 Å². The lowest BCUT2D eigenvalue weighted by Crippen LogP contribution is -1.97. The lowest BCUT2D eigenvalue weighted by molar-refractivity contribution is 0.112. The maximum Gasteiger partial charge on any atom is 0.332 e. The first-order chi connectivity index (χ1) is 5.95. The highest BCUT2D eigenvalue weighted by atomic mass is 79.9. The molecule has 70 valence electrons. The monoisotopic (exact) mass is 266 g/mol. The number of hydrogen-bond donors (Lipinski definition) is 0. The van der Waals surface area contributed by atoms with Gasteiger partial charge in [-0.05, 0) is 18.2 Å². The van der Waals surface area contributed by atoms with Crippen LogP contribution in [0.25, 0.3) is 0 Å². The second kappa shape index (κ2) is 3.55. The highest BCUT2D eigenvalue weighted by Gasteiger charge is 2.16. The second-order valence-corrected chi connectivity index (χ2v) is 4.47. The van der Waals surface area contributed by atoms with Crippen molar-refractivity contribution in [3.8, 4) is 0 Å². The third-order valence-corrected chi connectivity index (χ3v) is 2.74. The first-order valence-electron chi connectivity index (χ1n) is 3.14. The van der Waals surface area contributed by atoms with Gasteiger partial charge in [-0.25, -0.2) is 0 Å². The van der Waals surface area contributed by atoms with E-state index in [-0.39, 0.29) is 5.56 Å². The van der Waals surface area contributed by atoms with E-state index in [1.165, 1.54) is 12.1 Å². The Morgan fingerprint density at radius 3 is 2.46 bits per heavy atom. The Bertz CT molecular complexity index is 441. The molecule has 0 unspecified atom stereocenters. The summed E-state index contributed by atoms with van der Waals surface area (Å²) in [6, 6.07) is 3.72. The van der Waals surface area contributed by atoms with Crippen molar-refractivity contribution in [3.05, 3.63) is 28.2 Å². The van der Waals surface area contributed by atoms with Crippen molar-refractivity contribution in [2.45, 2.75) is 4.90 Å². The third-order valence-electron chi connectivity index (χ3n) is 1.37. The van der Waals surface area contributed by atoms with Gasteiger partial charge in [-0.1, -0.05) is 15.9 Å². The number of carbonyl (C=O) groups excluding carboxylic acids is 1. The molecule has 0 bridgehead atoms. The van der Waals surface area contributed by atoms with Crippen molar-refractivity contribution in [1.82, 2.24) is 0 Å². The summed E-state index contributed by atoms with van der Waals surface area (Å²) in [5.41, 5.74) is -0.189. The van der Waals surface area contributed by atoms with Gasteiger partial charge in [-0.3, -0.25) is 4.79 Å². The molecule has 0 saturated carbocycles. The van der Waals surface area contributed by atoms with Crippen LogP contribution in [0.1, 0.15) is 10.4 Å². The van der Waals surface area contributed by atoms with E-state index in [4.69, 9.17) is 0 Å². The van der Waals surface area contributed by atoms with Crippen LogP contribution in [-0.2, 0) is 10.2 Å². The molecule has 1 aromatic rings. The average molecular weight is 267 g/mol. The molecular weight excluding hydrogens is 263 g/mol. The van der Waals surface area contributed by atoms with Gasteiger partial charge in [0, 0.05) is 10.0 Å². The SMILES string of the molecule is O=Cc1ccc(Br)cc1S(=O)(=O)F. The lowest BCUT2D eigenvalue weighted by atomic mass is 10.2. The molecule has 0 aliphatic carbocycles. The van der Waals surface area contributed by atoms with Gasteiger partial charge in [0.15, 0.2) is 6.29 Å². The largest absolute Gasteiger partial charge is 0.332 e. The fraction of sp³-hybridized carbons (Fsp3) is 0. The van der Waals surface area contributed by atoms with Crippen molar-refractivity contribution in [2.24, 2.45) is 0 Å². The summed E-state index contributed by atoms with van der Waals surface area (Å²) in [4.78, 5) is 9.72. The van der Waals surface area contributed by atoms with Crippen molar-refractivity contribution in [2.75, 3.05) is 0 Å². The van der Waals surface area contributed by atoms with Gasteiger partial charge < -0.3 is 0 Å². The topological polar surface area (TPSA) is 51.2 Å².